The van der Waals surface area contributed by atoms with Gasteiger partial charge in [-0.15, -0.1) is 6.58 Å². The van der Waals surface area contributed by atoms with Gasteiger partial charge in [-0.25, -0.2) is 9.29 Å². The van der Waals surface area contributed by atoms with Crippen molar-refractivity contribution in [1.82, 2.24) is 9.47 Å². The summed E-state index contributed by atoms with van der Waals surface area (Å²) in [5.74, 6) is -4.72. The number of Topliss-reactive ketones (excluding diaryl/α,β-unsaturated/α-hetero) is 1. The number of halogens is 2. The molecule has 2 fully saturated rings. The maximum atomic E-state index is 15.6. The van der Waals surface area contributed by atoms with Crippen molar-refractivity contribution in [1.29, 1.82) is 0 Å². The number of nitrogens with zero attached hydrogens (tertiary/aromatic N) is 2. The molecule has 11 heteroatoms. The number of ketones is 1. The molecule has 2 heterocycles. The van der Waals surface area contributed by atoms with Gasteiger partial charge in [0, 0.05) is 43.7 Å². The van der Waals surface area contributed by atoms with Gasteiger partial charge < -0.3 is 24.5 Å². The Morgan fingerprint density at radius 3 is 2.55 bits per heavy atom. The Kier molecular flexibility index (Phi) is 9.84. The standard InChI is InChI=1S/C33H37ClFN3O6/c1-3-16-43-33(38-14-6-7-15-38,44-23-12-10-21(11-13-23)32(41)42)30(39)18-22-17-26(34)28(19-27(22)35)36-31(40)25-20-37(2)29-9-5-4-8-24(25)29/h3-5,8-9,17,19-21,23H,1,6-7,10-16,18H2,2H3,(H,36,40)(H,41,42). The number of benzene rings is 2. The minimum atomic E-state index is -1.79. The van der Waals surface area contributed by atoms with Crippen LogP contribution in [0.15, 0.2) is 55.3 Å². The van der Waals surface area contributed by atoms with Gasteiger partial charge in [0.1, 0.15) is 5.82 Å². The van der Waals surface area contributed by atoms with E-state index in [0.717, 1.165) is 29.8 Å². The van der Waals surface area contributed by atoms with Gasteiger partial charge in [-0.3, -0.25) is 14.4 Å². The Morgan fingerprint density at radius 2 is 1.86 bits per heavy atom. The van der Waals surface area contributed by atoms with Crippen LogP contribution in [-0.4, -0.2) is 63.9 Å². The molecule has 2 aromatic carbocycles. The molecule has 1 aromatic heterocycles. The van der Waals surface area contributed by atoms with Crippen molar-refractivity contribution in [3.63, 3.8) is 0 Å². The third-order valence-corrected chi connectivity index (χ3v) is 8.81. The van der Waals surface area contributed by atoms with Gasteiger partial charge in [-0.1, -0.05) is 35.9 Å². The first-order valence-electron chi connectivity index (χ1n) is 14.9. The number of carbonyl (C=O) groups excluding carboxylic acids is 2. The first kappa shape index (κ1) is 31.8. The highest BCUT2D eigenvalue weighted by Crippen LogP contribution is 2.35. The molecule has 1 aliphatic heterocycles. The van der Waals surface area contributed by atoms with Crippen LogP contribution >= 0.6 is 11.6 Å². The van der Waals surface area contributed by atoms with Gasteiger partial charge in [0.25, 0.3) is 11.8 Å². The maximum Gasteiger partial charge on any atom is 0.306 e. The van der Waals surface area contributed by atoms with Crippen LogP contribution in [0.1, 0.15) is 54.4 Å². The first-order chi connectivity index (χ1) is 21.1. The van der Waals surface area contributed by atoms with E-state index in [1.54, 1.807) is 6.20 Å². The number of anilines is 1. The quantitative estimate of drug-likeness (QED) is 0.189. The number of amides is 1. The highest BCUT2D eigenvalue weighted by molar-refractivity contribution is 6.34. The van der Waals surface area contributed by atoms with Gasteiger partial charge in [-0.05, 0) is 62.3 Å². The van der Waals surface area contributed by atoms with Crippen molar-refractivity contribution in [2.45, 2.75) is 57.0 Å². The number of carbonyl (C=O) groups is 3. The maximum absolute atomic E-state index is 15.6. The number of hydrogen-bond donors (Lipinski definition) is 2. The van der Waals surface area contributed by atoms with Crippen LogP contribution in [0.25, 0.3) is 10.9 Å². The molecule has 0 radical (unpaired) electrons. The normalized spacial score (nSPS) is 20.3. The van der Waals surface area contributed by atoms with E-state index in [9.17, 15) is 19.5 Å². The summed E-state index contributed by atoms with van der Waals surface area (Å²) in [6.07, 6.45) is 5.91. The second-order valence-corrected chi connectivity index (χ2v) is 11.9. The molecule has 1 unspecified atom stereocenters. The summed E-state index contributed by atoms with van der Waals surface area (Å²) in [5, 5.41) is 12.9. The van der Waals surface area contributed by atoms with E-state index < -0.39 is 41.4 Å². The highest BCUT2D eigenvalue weighted by atomic mass is 35.5. The molecular formula is C33H37ClFN3O6. The fraction of sp³-hybridized carbons (Fsp3) is 0.424. The Bertz CT molecular complexity index is 1560. The fourth-order valence-corrected chi connectivity index (χ4v) is 6.41. The Hall–Kier alpha value is -3.57. The number of rotatable bonds is 12. The van der Waals surface area contributed by atoms with Crippen LogP contribution in [0.5, 0.6) is 0 Å². The minimum Gasteiger partial charge on any atom is -0.481 e. The Labute approximate surface area is 260 Å². The van der Waals surface area contributed by atoms with Crippen molar-refractivity contribution in [2.75, 3.05) is 25.0 Å². The first-order valence-corrected chi connectivity index (χ1v) is 15.3. The number of carboxylic acids is 1. The summed E-state index contributed by atoms with van der Waals surface area (Å²) in [4.78, 5) is 40.6. The molecule has 44 heavy (non-hydrogen) atoms. The molecule has 1 atom stereocenters. The molecule has 1 aliphatic carbocycles. The lowest BCUT2D eigenvalue weighted by Crippen LogP contribution is -2.60. The van der Waals surface area contributed by atoms with Crippen molar-refractivity contribution in [2.24, 2.45) is 13.0 Å². The fourth-order valence-electron chi connectivity index (χ4n) is 6.18. The highest BCUT2D eigenvalue weighted by Gasteiger charge is 2.49. The van der Waals surface area contributed by atoms with Gasteiger partial charge in [0.15, 0.2) is 0 Å². The zero-order valence-corrected chi connectivity index (χ0v) is 25.4. The third-order valence-electron chi connectivity index (χ3n) is 8.50. The predicted molar refractivity (Wildman–Crippen MR) is 165 cm³/mol. The number of fused-ring (bicyclic) bond motifs is 1. The van der Waals surface area contributed by atoms with E-state index in [4.69, 9.17) is 21.1 Å². The third kappa shape index (κ3) is 6.58. The molecule has 2 N–H and O–H groups in total. The number of carboxylic acid groups (broad SMARTS) is 1. The summed E-state index contributed by atoms with van der Waals surface area (Å²) < 4.78 is 30.0. The van der Waals surface area contributed by atoms with Crippen LogP contribution in [-0.2, 0) is 32.5 Å². The topological polar surface area (TPSA) is 110 Å². The molecule has 0 bridgehead atoms. The number of hydrogen-bond acceptors (Lipinski definition) is 6. The SMILES string of the molecule is C=CCOC(OC1CCC(C(=O)O)CC1)(C(=O)Cc1cc(Cl)c(NC(=O)c2cn(C)c3ccccc23)cc1F)N1CCCC1. The predicted octanol–water partition coefficient (Wildman–Crippen LogP) is 5.95. The summed E-state index contributed by atoms with van der Waals surface area (Å²) >= 11 is 6.53. The summed E-state index contributed by atoms with van der Waals surface area (Å²) in [7, 11) is 1.84. The molecule has 0 spiro atoms. The Morgan fingerprint density at radius 1 is 1.16 bits per heavy atom. The zero-order valence-electron chi connectivity index (χ0n) is 24.7. The van der Waals surface area contributed by atoms with Crippen molar-refractivity contribution in [3.05, 3.63) is 77.2 Å². The number of aryl methyl sites for hydroxylation is 1. The van der Waals surface area contributed by atoms with Crippen LogP contribution < -0.4 is 5.32 Å². The molecule has 2 aliphatic rings. The monoisotopic (exact) mass is 625 g/mol. The lowest BCUT2D eigenvalue weighted by Gasteiger charge is -2.42. The van der Waals surface area contributed by atoms with E-state index in [1.165, 1.54) is 12.1 Å². The molecule has 5 rings (SSSR count). The van der Waals surface area contributed by atoms with Gasteiger partial charge in [0.05, 0.1) is 34.9 Å². The largest absolute Gasteiger partial charge is 0.481 e. The van der Waals surface area contributed by atoms with Crippen molar-refractivity contribution >= 4 is 45.9 Å². The van der Waals surface area contributed by atoms with Crippen LogP contribution in [0.2, 0.25) is 5.02 Å². The average molecular weight is 626 g/mol. The van der Waals surface area contributed by atoms with E-state index in [2.05, 4.69) is 11.9 Å². The number of ether oxygens (including phenoxy) is 2. The molecule has 234 valence electrons. The van der Waals surface area contributed by atoms with Crippen molar-refractivity contribution in [3.8, 4) is 0 Å². The molecule has 1 saturated heterocycles. The van der Waals surface area contributed by atoms with E-state index in [1.807, 2.05) is 40.8 Å². The van der Waals surface area contributed by atoms with Crippen LogP contribution in [0.3, 0.4) is 0 Å². The second kappa shape index (κ2) is 13.6. The number of para-hydroxylation sites is 1. The van der Waals surface area contributed by atoms with Crippen LogP contribution in [0, 0.1) is 11.7 Å². The van der Waals surface area contributed by atoms with Gasteiger partial charge in [0.2, 0.25) is 5.78 Å². The number of aromatic nitrogens is 1. The number of aliphatic carboxylic acids is 1. The lowest BCUT2D eigenvalue weighted by atomic mass is 9.87. The molecule has 1 saturated carbocycles. The van der Waals surface area contributed by atoms with E-state index in [-0.39, 0.29) is 29.3 Å². The molecule has 9 nitrogen and oxygen atoms in total. The lowest BCUT2D eigenvalue weighted by molar-refractivity contribution is -0.307. The minimum absolute atomic E-state index is 0.0229. The molecular weight excluding hydrogens is 589 g/mol. The van der Waals surface area contributed by atoms with Gasteiger partial charge in [-0.2, -0.15) is 0 Å². The van der Waals surface area contributed by atoms with Gasteiger partial charge >= 0.3 is 5.97 Å². The number of likely N-dealkylation sites (tertiary alicyclic amines) is 1. The number of nitrogens with one attached hydrogen (secondary N) is 1. The second-order valence-electron chi connectivity index (χ2n) is 11.5. The summed E-state index contributed by atoms with van der Waals surface area (Å²) in [6, 6.07) is 9.91. The van der Waals surface area contributed by atoms with Crippen LogP contribution in [0.4, 0.5) is 10.1 Å². The average Bonchev–Trinajstić information content (AvgIpc) is 3.67. The zero-order chi connectivity index (χ0) is 31.4. The summed E-state index contributed by atoms with van der Waals surface area (Å²) in [6.45, 7) is 4.85. The van der Waals surface area contributed by atoms with E-state index in [0.29, 0.717) is 44.3 Å². The van der Waals surface area contributed by atoms with E-state index >= 15 is 4.39 Å². The summed E-state index contributed by atoms with van der Waals surface area (Å²) in [5.41, 5.74) is 1.41. The smallest absolute Gasteiger partial charge is 0.306 e. The van der Waals surface area contributed by atoms with Crippen molar-refractivity contribution < 1.29 is 33.4 Å². The molecule has 3 aromatic rings. The molecule has 1 amide bonds. The Balaban J connectivity index is 1.38.